The van der Waals surface area contributed by atoms with Crippen LogP contribution in [0.15, 0.2) is 59.6 Å². The van der Waals surface area contributed by atoms with Crippen LogP contribution in [0.1, 0.15) is 23.0 Å². The zero-order valence-corrected chi connectivity index (χ0v) is 22.2. The number of ether oxygens (including phenoxy) is 2. The van der Waals surface area contributed by atoms with E-state index in [0.29, 0.717) is 28.5 Å². The van der Waals surface area contributed by atoms with E-state index in [4.69, 9.17) is 19.0 Å². The lowest BCUT2D eigenvalue weighted by molar-refractivity contribution is 0.241. The Morgan fingerprint density at radius 1 is 1.02 bits per heavy atom. The van der Waals surface area contributed by atoms with Crippen molar-refractivity contribution in [2.75, 3.05) is 38.2 Å². The molecule has 1 aliphatic rings. The molecule has 0 N–H and O–H groups in total. The number of aromatic nitrogens is 6. The number of piperazine rings is 1. The third-order valence-electron chi connectivity index (χ3n) is 6.81. The normalized spacial score (nSPS) is 13.9. The molecule has 0 radical (unpaired) electrons. The summed E-state index contributed by atoms with van der Waals surface area (Å²) in [6, 6.07) is 12.1. The van der Waals surface area contributed by atoms with E-state index in [9.17, 15) is 5.26 Å². The summed E-state index contributed by atoms with van der Waals surface area (Å²) in [5.74, 6) is 3.15. The van der Waals surface area contributed by atoms with Crippen LogP contribution in [-0.4, -0.2) is 67.9 Å². The third-order valence-corrected chi connectivity index (χ3v) is 6.81. The zero-order chi connectivity index (χ0) is 27.5. The zero-order valence-electron chi connectivity index (χ0n) is 22.2. The second-order valence-corrected chi connectivity index (χ2v) is 9.43. The second-order valence-electron chi connectivity index (χ2n) is 9.43. The average molecular weight is 538 g/mol. The van der Waals surface area contributed by atoms with Crippen molar-refractivity contribution < 1.29 is 14.0 Å². The Balaban J connectivity index is 1.17. The van der Waals surface area contributed by atoms with Crippen LogP contribution in [0.2, 0.25) is 0 Å². The van der Waals surface area contributed by atoms with E-state index in [-0.39, 0.29) is 6.61 Å². The first-order chi connectivity index (χ1) is 19.6. The van der Waals surface area contributed by atoms with Crippen molar-refractivity contribution in [2.24, 2.45) is 0 Å². The summed E-state index contributed by atoms with van der Waals surface area (Å²) < 4.78 is 17.9. The van der Waals surface area contributed by atoms with E-state index in [1.807, 2.05) is 36.5 Å². The van der Waals surface area contributed by atoms with E-state index in [1.165, 1.54) is 0 Å². The molecule has 1 aliphatic heterocycles. The molecular weight excluding hydrogens is 510 g/mol. The molecule has 12 nitrogen and oxygen atoms in total. The molecule has 40 heavy (non-hydrogen) atoms. The summed E-state index contributed by atoms with van der Waals surface area (Å²) >= 11 is 0. The van der Waals surface area contributed by atoms with Crippen LogP contribution < -0.4 is 14.4 Å². The van der Waals surface area contributed by atoms with Crippen LogP contribution in [0, 0.1) is 18.3 Å². The Kier molecular flexibility index (Phi) is 6.95. The summed E-state index contributed by atoms with van der Waals surface area (Å²) in [5, 5.41) is 17.8. The van der Waals surface area contributed by atoms with Gasteiger partial charge in [-0.05, 0) is 37.3 Å². The molecule has 12 heteroatoms. The highest BCUT2D eigenvalue weighted by atomic mass is 16.5. The third kappa shape index (κ3) is 5.27. The molecule has 0 aromatic carbocycles. The lowest BCUT2D eigenvalue weighted by Crippen LogP contribution is -2.46. The first kappa shape index (κ1) is 25.3. The van der Waals surface area contributed by atoms with Gasteiger partial charge in [0.05, 0.1) is 42.5 Å². The number of hydrogen-bond acceptors (Lipinski definition) is 11. The summed E-state index contributed by atoms with van der Waals surface area (Å²) in [4.78, 5) is 18.1. The molecule has 0 aliphatic carbocycles. The largest absolute Gasteiger partial charge is 0.495 e. The maximum Gasteiger partial charge on any atom is 0.264 e. The molecule has 202 valence electrons. The molecule has 5 aromatic heterocycles. The average Bonchev–Trinajstić information content (AvgIpc) is 3.62. The Labute approximate surface area is 230 Å². The van der Waals surface area contributed by atoms with Gasteiger partial charge < -0.3 is 18.9 Å². The highest BCUT2D eigenvalue weighted by molar-refractivity contribution is 5.85. The lowest BCUT2D eigenvalue weighted by Gasteiger charge is -2.35. The van der Waals surface area contributed by atoms with Crippen molar-refractivity contribution in [2.45, 2.75) is 20.1 Å². The van der Waals surface area contributed by atoms with Gasteiger partial charge in [0, 0.05) is 50.0 Å². The van der Waals surface area contributed by atoms with Gasteiger partial charge in [0.1, 0.15) is 23.4 Å². The molecule has 0 atom stereocenters. The van der Waals surface area contributed by atoms with Gasteiger partial charge in [0.25, 0.3) is 5.89 Å². The van der Waals surface area contributed by atoms with Gasteiger partial charge >= 0.3 is 0 Å². The Morgan fingerprint density at radius 2 is 1.90 bits per heavy atom. The number of anilines is 1. The van der Waals surface area contributed by atoms with Gasteiger partial charge in [-0.2, -0.15) is 15.3 Å². The minimum Gasteiger partial charge on any atom is -0.495 e. The van der Waals surface area contributed by atoms with Crippen molar-refractivity contribution in [1.29, 1.82) is 5.26 Å². The van der Waals surface area contributed by atoms with Gasteiger partial charge in [-0.3, -0.25) is 9.88 Å². The van der Waals surface area contributed by atoms with Crippen molar-refractivity contribution in [3.63, 3.8) is 0 Å². The number of fused-ring (bicyclic) bond motifs is 1. The van der Waals surface area contributed by atoms with Crippen molar-refractivity contribution in [3.8, 4) is 28.7 Å². The number of aryl methyl sites for hydroxylation is 1. The maximum absolute atomic E-state index is 9.67. The lowest BCUT2D eigenvalue weighted by atomic mass is 10.1. The Bertz CT molecular complexity index is 1650. The van der Waals surface area contributed by atoms with Gasteiger partial charge in [-0.1, -0.05) is 5.16 Å². The number of rotatable bonds is 8. The van der Waals surface area contributed by atoms with Crippen LogP contribution in [0.25, 0.3) is 16.6 Å². The summed E-state index contributed by atoms with van der Waals surface area (Å²) in [6.45, 7) is 6.24. The molecule has 5 aromatic rings. The molecular formula is C28H27N9O3. The van der Waals surface area contributed by atoms with Gasteiger partial charge in [-0.15, -0.1) is 0 Å². The van der Waals surface area contributed by atoms with Crippen molar-refractivity contribution in [1.82, 2.24) is 34.6 Å². The highest BCUT2D eigenvalue weighted by Gasteiger charge is 2.20. The Morgan fingerprint density at radius 3 is 2.58 bits per heavy atom. The molecule has 6 heterocycles. The first-order valence-electron chi connectivity index (χ1n) is 12.9. The molecule has 1 saturated heterocycles. The predicted octanol–water partition coefficient (Wildman–Crippen LogP) is 3.26. The first-order valence-corrected chi connectivity index (χ1v) is 12.9. The van der Waals surface area contributed by atoms with Gasteiger partial charge in [0.2, 0.25) is 0 Å². The second kappa shape index (κ2) is 11.0. The van der Waals surface area contributed by atoms with Gasteiger partial charge in [-0.25, -0.2) is 9.50 Å². The van der Waals surface area contributed by atoms with Gasteiger partial charge in [0.15, 0.2) is 12.4 Å². The minimum absolute atomic E-state index is 0.121. The van der Waals surface area contributed by atoms with Crippen LogP contribution in [0.4, 0.5) is 5.82 Å². The maximum atomic E-state index is 9.67. The van der Waals surface area contributed by atoms with E-state index in [0.717, 1.165) is 61.1 Å². The minimum atomic E-state index is 0.121. The Hall–Kier alpha value is -5.02. The number of nitrogens with zero attached hydrogens (tertiary/aromatic N) is 9. The number of nitriles is 1. The van der Waals surface area contributed by atoms with Crippen LogP contribution in [-0.2, 0) is 13.2 Å². The quantitative estimate of drug-likeness (QED) is 0.289. The molecule has 0 spiro atoms. The summed E-state index contributed by atoms with van der Waals surface area (Å²) in [5.41, 5.74) is 3.84. The van der Waals surface area contributed by atoms with E-state index in [1.54, 1.807) is 37.1 Å². The summed E-state index contributed by atoms with van der Waals surface area (Å²) in [6.07, 6.45) is 6.86. The van der Waals surface area contributed by atoms with E-state index < -0.39 is 0 Å². The molecule has 6 rings (SSSR count). The SMILES string of the molecule is COc1ccc(CN2CCN(c3ccc(-c4cc(OCc5nc(C)no5)cn5ncc(C#N)c45)cn3)CC2)nc1. The van der Waals surface area contributed by atoms with E-state index in [2.05, 4.69) is 36.1 Å². The molecule has 0 unspecified atom stereocenters. The molecule has 0 bridgehead atoms. The fraction of sp³-hybridized carbons (Fsp3) is 0.286. The molecule has 1 fully saturated rings. The fourth-order valence-corrected chi connectivity index (χ4v) is 4.74. The number of hydrogen-bond donors (Lipinski definition) is 0. The summed E-state index contributed by atoms with van der Waals surface area (Å²) in [7, 11) is 1.64. The highest BCUT2D eigenvalue weighted by Crippen LogP contribution is 2.31. The van der Waals surface area contributed by atoms with Crippen molar-refractivity contribution >= 4 is 11.3 Å². The smallest absolute Gasteiger partial charge is 0.264 e. The van der Waals surface area contributed by atoms with Crippen LogP contribution >= 0.6 is 0 Å². The predicted molar refractivity (Wildman–Crippen MR) is 145 cm³/mol. The number of pyridine rings is 3. The standard InChI is InChI=1S/C28H27N9O3/c1-19-33-27(40-34-19)18-39-24-11-25(28-21(12-29)14-32-37(28)17-24)20-3-6-26(31-13-20)36-9-7-35(8-10-36)16-22-4-5-23(38-2)15-30-22/h3-6,11,13-15,17H,7-10,16,18H2,1-2H3. The topological polar surface area (TPSA) is 131 Å². The van der Waals surface area contributed by atoms with Crippen LogP contribution in [0.3, 0.4) is 0 Å². The van der Waals surface area contributed by atoms with E-state index >= 15 is 0 Å². The van der Waals surface area contributed by atoms with Crippen molar-refractivity contribution in [3.05, 3.63) is 78.1 Å². The molecule has 0 amide bonds. The fourth-order valence-electron chi connectivity index (χ4n) is 4.74. The number of methoxy groups -OCH3 is 1. The monoisotopic (exact) mass is 537 g/mol. The molecule has 0 saturated carbocycles. The van der Waals surface area contributed by atoms with Crippen LogP contribution in [0.5, 0.6) is 11.5 Å².